The zero-order valence-corrected chi connectivity index (χ0v) is 14.8. The Labute approximate surface area is 156 Å². The smallest absolute Gasteiger partial charge is 0.142 e. The molecule has 27 heavy (non-hydrogen) atoms. The highest BCUT2D eigenvalue weighted by atomic mass is 15.4. The van der Waals surface area contributed by atoms with E-state index in [0.717, 1.165) is 40.7 Å². The molecule has 0 fully saturated rings. The van der Waals surface area contributed by atoms with E-state index in [-0.39, 0.29) is 5.82 Å². The fourth-order valence-corrected chi connectivity index (χ4v) is 3.10. The average molecular weight is 355 g/mol. The molecule has 3 aromatic heterocycles. The Hall–Kier alpha value is -3.79. The van der Waals surface area contributed by atoms with Crippen LogP contribution in [0, 0.1) is 11.3 Å². The third-order valence-electron chi connectivity index (χ3n) is 4.40. The lowest BCUT2D eigenvalue weighted by atomic mass is 9.99. The number of pyridine rings is 2. The number of nitriles is 1. The summed E-state index contributed by atoms with van der Waals surface area (Å²) in [5.41, 5.74) is 11.4. The Morgan fingerprint density at radius 3 is 2.67 bits per heavy atom. The zero-order valence-electron chi connectivity index (χ0n) is 14.8. The molecule has 0 bridgehead atoms. The minimum Gasteiger partial charge on any atom is -0.383 e. The van der Waals surface area contributed by atoms with E-state index in [9.17, 15) is 5.26 Å². The van der Waals surface area contributed by atoms with E-state index < -0.39 is 0 Å². The monoisotopic (exact) mass is 355 g/mol. The average Bonchev–Trinajstić information content (AvgIpc) is 3.10. The number of aromatic nitrogens is 5. The summed E-state index contributed by atoms with van der Waals surface area (Å²) in [6.07, 6.45) is 4.36. The molecule has 0 aliphatic carbocycles. The van der Waals surface area contributed by atoms with Gasteiger partial charge in [0.05, 0.1) is 11.2 Å². The SMILES string of the molecule is CCCn1nnc2cc(-c3cc(-c4ccncc4)c(C#N)c(N)n3)ccc21. The third-order valence-corrected chi connectivity index (χ3v) is 4.40. The van der Waals surface area contributed by atoms with Crippen LogP contribution in [0.5, 0.6) is 0 Å². The topological polar surface area (TPSA) is 106 Å². The largest absolute Gasteiger partial charge is 0.383 e. The van der Waals surface area contributed by atoms with Crippen LogP contribution in [-0.4, -0.2) is 25.0 Å². The van der Waals surface area contributed by atoms with Crippen molar-refractivity contribution in [1.29, 1.82) is 5.26 Å². The van der Waals surface area contributed by atoms with Gasteiger partial charge in [0.1, 0.15) is 23.0 Å². The van der Waals surface area contributed by atoms with Crippen LogP contribution in [0.25, 0.3) is 33.4 Å². The highest BCUT2D eigenvalue weighted by molar-refractivity contribution is 5.84. The van der Waals surface area contributed by atoms with Gasteiger partial charge in [0.2, 0.25) is 0 Å². The van der Waals surface area contributed by atoms with Crippen molar-refractivity contribution in [2.45, 2.75) is 19.9 Å². The molecule has 0 saturated carbocycles. The Morgan fingerprint density at radius 1 is 1.11 bits per heavy atom. The van der Waals surface area contributed by atoms with E-state index in [1.165, 1.54) is 0 Å². The molecule has 0 spiro atoms. The summed E-state index contributed by atoms with van der Waals surface area (Å²) in [5, 5.41) is 18.0. The second-order valence-corrected chi connectivity index (χ2v) is 6.18. The van der Waals surface area contributed by atoms with Gasteiger partial charge in [-0.3, -0.25) is 4.98 Å². The highest BCUT2D eigenvalue weighted by Crippen LogP contribution is 2.31. The molecule has 1 aromatic carbocycles. The van der Waals surface area contributed by atoms with Crippen LogP contribution in [0.3, 0.4) is 0 Å². The van der Waals surface area contributed by atoms with Gasteiger partial charge in [-0.05, 0) is 42.3 Å². The van der Waals surface area contributed by atoms with E-state index in [1.807, 2.05) is 41.1 Å². The molecule has 0 atom stereocenters. The number of rotatable bonds is 4. The first kappa shape index (κ1) is 16.7. The molecule has 3 heterocycles. The van der Waals surface area contributed by atoms with Gasteiger partial charge in [-0.15, -0.1) is 5.10 Å². The summed E-state index contributed by atoms with van der Waals surface area (Å²) in [6, 6.07) is 13.6. The Kier molecular flexibility index (Phi) is 4.22. The predicted molar refractivity (Wildman–Crippen MR) is 103 cm³/mol. The number of anilines is 1. The number of hydrogen-bond acceptors (Lipinski definition) is 6. The first-order valence-corrected chi connectivity index (χ1v) is 8.66. The summed E-state index contributed by atoms with van der Waals surface area (Å²) < 4.78 is 1.89. The van der Waals surface area contributed by atoms with Crippen molar-refractivity contribution in [3.63, 3.8) is 0 Å². The van der Waals surface area contributed by atoms with Crippen molar-refractivity contribution in [2.75, 3.05) is 5.73 Å². The Balaban J connectivity index is 1.86. The van der Waals surface area contributed by atoms with Crippen LogP contribution in [0.1, 0.15) is 18.9 Å². The van der Waals surface area contributed by atoms with Gasteiger partial charge < -0.3 is 5.73 Å². The fraction of sp³-hybridized carbons (Fsp3) is 0.150. The van der Waals surface area contributed by atoms with E-state index in [4.69, 9.17) is 5.73 Å². The van der Waals surface area contributed by atoms with Crippen LogP contribution in [0.2, 0.25) is 0 Å². The van der Waals surface area contributed by atoms with Crippen LogP contribution >= 0.6 is 0 Å². The molecule has 0 amide bonds. The van der Waals surface area contributed by atoms with Crippen molar-refractivity contribution in [3.8, 4) is 28.5 Å². The Morgan fingerprint density at radius 2 is 1.93 bits per heavy atom. The maximum atomic E-state index is 9.51. The summed E-state index contributed by atoms with van der Waals surface area (Å²) in [6.45, 7) is 2.93. The molecule has 7 heteroatoms. The summed E-state index contributed by atoms with van der Waals surface area (Å²) in [7, 11) is 0. The molecular formula is C20H17N7. The van der Waals surface area contributed by atoms with E-state index in [2.05, 4.69) is 33.3 Å². The van der Waals surface area contributed by atoms with Crippen molar-refractivity contribution >= 4 is 16.9 Å². The minimum absolute atomic E-state index is 0.205. The van der Waals surface area contributed by atoms with Crippen molar-refractivity contribution < 1.29 is 0 Å². The second kappa shape index (κ2) is 6.84. The number of benzene rings is 1. The molecule has 4 aromatic rings. The molecule has 0 saturated heterocycles. The lowest BCUT2D eigenvalue weighted by Gasteiger charge is -2.10. The van der Waals surface area contributed by atoms with E-state index >= 15 is 0 Å². The highest BCUT2D eigenvalue weighted by Gasteiger charge is 2.14. The lowest BCUT2D eigenvalue weighted by Crippen LogP contribution is -2.00. The van der Waals surface area contributed by atoms with Gasteiger partial charge in [-0.1, -0.05) is 18.2 Å². The van der Waals surface area contributed by atoms with Crippen LogP contribution < -0.4 is 5.73 Å². The maximum Gasteiger partial charge on any atom is 0.142 e. The molecule has 4 rings (SSSR count). The maximum absolute atomic E-state index is 9.51. The molecule has 0 radical (unpaired) electrons. The van der Waals surface area contributed by atoms with Gasteiger partial charge >= 0.3 is 0 Å². The number of nitrogen functional groups attached to an aromatic ring is 1. The second-order valence-electron chi connectivity index (χ2n) is 6.18. The number of fused-ring (bicyclic) bond motifs is 1. The van der Waals surface area contributed by atoms with Gasteiger partial charge in [0.25, 0.3) is 0 Å². The molecule has 2 N–H and O–H groups in total. The zero-order chi connectivity index (χ0) is 18.8. The molecule has 7 nitrogen and oxygen atoms in total. The van der Waals surface area contributed by atoms with Gasteiger partial charge in [0.15, 0.2) is 0 Å². The predicted octanol–water partition coefficient (Wildman–Crippen LogP) is 3.42. The van der Waals surface area contributed by atoms with Crippen LogP contribution in [-0.2, 0) is 6.54 Å². The number of nitrogens with two attached hydrogens (primary N) is 1. The van der Waals surface area contributed by atoms with Gasteiger partial charge in [0, 0.05) is 30.1 Å². The normalized spacial score (nSPS) is 10.8. The van der Waals surface area contributed by atoms with Crippen molar-refractivity contribution in [1.82, 2.24) is 25.0 Å². The Bertz CT molecular complexity index is 1160. The lowest BCUT2D eigenvalue weighted by molar-refractivity contribution is 0.596. The third kappa shape index (κ3) is 2.98. The van der Waals surface area contributed by atoms with Crippen LogP contribution in [0.15, 0.2) is 48.8 Å². The minimum atomic E-state index is 0.205. The van der Waals surface area contributed by atoms with Crippen molar-refractivity contribution in [2.24, 2.45) is 0 Å². The quantitative estimate of drug-likeness (QED) is 0.601. The number of aryl methyl sites for hydroxylation is 1. The fourth-order valence-electron chi connectivity index (χ4n) is 3.10. The van der Waals surface area contributed by atoms with Gasteiger partial charge in [-0.2, -0.15) is 5.26 Å². The molecule has 132 valence electrons. The summed E-state index contributed by atoms with van der Waals surface area (Å²) >= 11 is 0. The first-order chi connectivity index (χ1) is 13.2. The summed E-state index contributed by atoms with van der Waals surface area (Å²) in [4.78, 5) is 8.47. The number of nitrogens with zero attached hydrogens (tertiary/aromatic N) is 6. The molecule has 0 aliphatic rings. The van der Waals surface area contributed by atoms with Gasteiger partial charge in [-0.25, -0.2) is 9.67 Å². The number of hydrogen-bond donors (Lipinski definition) is 1. The van der Waals surface area contributed by atoms with E-state index in [1.54, 1.807) is 12.4 Å². The van der Waals surface area contributed by atoms with Crippen molar-refractivity contribution in [3.05, 3.63) is 54.4 Å². The standard InChI is InChI=1S/C20H17N7/c1-2-9-27-19-4-3-14(10-18(19)25-26-27)17-11-15(13-5-7-23-8-6-13)16(12-21)20(22)24-17/h3-8,10-11H,2,9H2,1H3,(H2,22,24). The first-order valence-electron chi connectivity index (χ1n) is 8.66. The molecular weight excluding hydrogens is 338 g/mol. The summed E-state index contributed by atoms with van der Waals surface area (Å²) in [5.74, 6) is 0.205. The van der Waals surface area contributed by atoms with Crippen LogP contribution in [0.4, 0.5) is 5.82 Å². The molecule has 0 aliphatic heterocycles. The van der Waals surface area contributed by atoms with E-state index in [0.29, 0.717) is 11.3 Å². The molecule has 0 unspecified atom stereocenters.